The lowest BCUT2D eigenvalue weighted by atomic mass is 10.3. The Bertz CT molecular complexity index is 934. The van der Waals surface area contributed by atoms with Gasteiger partial charge in [0.25, 0.3) is 0 Å². The second kappa shape index (κ2) is 8.11. The van der Waals surface area contributed by atoms with Gasteiger partial charge in [-0.05, 0) is 42.5 Å². The number of anilines is 1. The average Bonchev–Trinajstić information content (AvgIpc) is 2.55. The zero-order valence-electron chi connectivity index (χ0n) is 13.2. The van der Waals surface area contributed by atoms with Gasteiger partial charge >= 0.3 is 6.36 Å². The van der Waals surface area contributed by atoms with Crippen LogP contribution < -0.4 is 14.8 Å². The third-order valence-corrected chi connectivity index (χ3v) is 4.65. The molecule has 0 aliphatic rings. The van der Waals surface area contributed by atoms with Crippen molar-refractivity contribution >= 4 is 33.2 Å². The minimum Gasteiger partial charge on any atom is -0.406 e. The number of halogens is 5. The molecule has 146 valence electrons. The van der Waals surface area contributed by atoms with E-state index >= 15 is 0 Å². The summed E-state index contributed by atoms with van der Waals surface area (Å²) in [7, 11) is -4.19. The van der Waals surface area contributed by atoms with Crippen LogP contribution in [0.15, 0.2) is 47.4 Å². The van der Waals surface area contributed by atoms with Crippen molar-refractivity contribution in [3.8, 4) is 5.75 Å². The van der Waals surface area contributed by atoms with Crippen molar-refractivity contribution in [2.45, 2.75) is 11.3 Å². The van der Waals surface area contributed by atoms with Crippen LogP contribution in [0.25, 0.3) is 0 Å². The highest BCUT2D eigenvalue weighted by molar-refractivity contribution is 7.89. The van der Waals surface area contributed by atoms with E-state index in [-0.39, 0.29) is 15.6 Å². The van der Waals surface area contributed by atoms with Crippen molar-refractivity contribution in [3.63, 3.8) is 0 Å². The number of benzene rings is 2. The van der Waals surface area contributed by atoms with E-state index < -0.39 is 40.4 Å². The summed E-state index contributed by atoms with van der Waals surface area (Å²) in [6.07, 6.45) is -4.91. The van der Waals surface area contributed by atoms with Crippen LogP contribution >= 0.6 is 11.6 Å². The average molecular weight is 427 g/mol. The predicted molar refractivity (Wildman–Crippen MR) is 88.4 cm³/mol. The molecule has 0 saturated carbocycles. The lowest BCUT2D eigenvalue weighted by Crippen LogP contribution is -2.33. The molecule has 0 saturated heterocycles. The van der Waals surface area contributed by atoms with Gasteiger partial charge in [-0.2, -0.15) is 0 Å². The molecule has 1 amide bonds. The van der Waals surface area contributed by atoms with Gasteiger partial charge in [-0.25, -0.2) is 17.5 Å². The fraction of sp³-hybridized carbons (Fsp3) is 0.133. The van der Waals surface area contributed by atoms with Crippen molar-refractivity contribution < 1.29 is 35.5 Å². The van der Waals surface area contributed by atoms with Gasteiger partial charge in [-0.15, -0.1) is 13.2 Å². The molecule has 2 N–H and O–H groups in total. The molecule has 0 unspecified atom stereocenters. The first-order chi connectivity index (χ1) is 12.5. The number of alkyl halides is 3. The number of amides is 1. The molecule has 2 rings (SSSR count). The fourth-order valence-electron chi connectivity index (χ4n) is 1.85. The number of sulfonamides is 1. The Morgan fingerprint density at radius 3 is 2.30 bits per heavy atom. The van der Waals surface area contributed by atoms with Gasteiger partial charge in [-0.1, -0.05) is 11.6 Å². The molecule has 0 fully saturated rings. The summed E-state index contributed by atoms with van der Waals surface area (Å²) in [5.41, 5.74) is -0.197. The normalized spacial score (nSPS) is 11.9. The van der Waals surface area contributed by atoms with Gasteiger partial charge in [0, 0.05) is 5.02 Å². The van der Waals surface area contributed by atoms with E-state index in [0.29, 0.717) is 0 Å². The fourth-order valence-corrected chi connectivity index (χ4v) is 2.99. The Morgan fingerprint density at radius 1 is 1.11 bits per heavy atom. The van der Waals surface area contributed by atoms with Gasteiger partial charge in [0.1, 0.15) is 11.6 Å². The second-order valence-electron chi connectivity index (χ2n) is 5.02. The summed E-state index contributed by atoms with van der Waals surface area (Å²) in [4.78, 5) is 11.4. The van der Waals surface area contributed by atoms with Crippen molar-refractivity contribution in [2.24, 2.45) is 0 Å². The van der Waals surface area contributed by atoms with Crippen LogP contribution in [0.5, 0.6) is 5.75 Å². The molecular weight excluding hydrogens is 416 g/mol. The summed E-state index contributed by atoms with van der Waals surface area (Å²) in [6, 6.07) is 6.86. The van der Waals surface area contributed by atoms with Gasteiger partial charge in [-0.3, -0.25) is 4.79 Å². The molecule has 0 heterocycles. The maximum Gasteiger partial charge on any atom is 0.573 e. The van der Waals surface area contributed by atoms with Gasteiger partial charge in [0.15, 0.2) is 0 Å². The Morgan fingerprint density at radius 2 is 1.74 bits per heavy atom. The number of hydrogen-bond acceptors (Lipinski definition) is 4. The molecule has 0 aliphatic heterocycles. The van der Waals surface area contributed by atoms with Crippen LogP contribution in [-0.4, -0.2) is 27.2 Å². The first-order valence-corrected chi connectivity index (χ1v) is 8.93. The molecule has 0 aromatic heterocycles. The zero-order valence-corrected chi connectivity index (χ0v) is 14.8. The zero-order chi connectivity index (χ0) is 20.2. The molecule has 12 heteroatoms. The smallest absolute Gasteiger partial charge is 0.406 e. The van der Waals surface area contributed by atoms with E-state index in [1.807, 2.05) is 4.72 Å². The Kier molecular flexibility index (Phi) is 6.29. The summed E-state index contributed by atoms with van der Waals surface area (Å²) in [6.45, 7) is -0.731. The van der Waals surface area contributed by atoms with E-state index in [1.165, 1.54) is 12.1 Å². The molecule has 0 bridgehead atoms. The van der Waals surface area contributed by atoms with Crippen LogP contribution in [0.4, 0.5) is 23.2 Å². The molecule has 0 radical (unpaired) electrons. The van der Waals surface area contributed by atoms with Crippen LogP contribution in [-0.2, 0) is 14.8 Å². The maximum atomic E-state index is 13.6. The van der Waals surface area contributed by atoms with Gasteiger partial charge in [0.2, 0.25) is 15.9 Å². The first-order valence-electron chi connectivity index (χ1n) is 7.07. The number of carbonyl (C=O) groups excluding carboxylic acids is 1. The van der Waals surface area contributed by atoms with Crippen LogP contribution in [0.2, 0.25) is 5.02 Å². The Balaban J connectivity index is 1.98. The van der Waals surface area contributed by atoms with Gasteiger partial charge < -0.3 is 10.1 Å². The lowest BCUT2D eigenvalue weighted by molar-refractivity contribution is -0.274. The largest absolute Gasteiger partial charge is 0.573 e. The van der Waals surface area contributed by atoms with Crippen molar-refractivity contribution in [1.29, 1.82) is 0 Å². The molecule has 0 aliphatic carbocycles. The van der Waals surface area contributed by atoms with Crippen molar-refractivity contribution in [3.05, 3.63) is 53.3 Å². The molecular formula is C15H11ClF4N2O4S. The maximum absolute atomic E-state index is 13.6. The predicted octanol–water partition coefficient (Wildman–Crippen LogP) is 3.29. The van der Waals surface area contributed by atoms with Crippen LogP contribution in [0.1, 0.15) is 0 Å². The molecule has 0 atom stereocenters. The lowest BCUT2D eigenvalue weighted by Gasteiger charge is -2.10. The minimum atomic E-state index is -4.91. The molecule has 27 heavy (non-hydrogen) atoms. The Hall–Kier alpha value is -2.37. The highest BCUT2D eigenvalue weighted by atomic mass is 35.5. The second-order valence-corrected chi connectivity index (χ2v) is 7.22. The van der Waals surface area contributed by atoms with E-state index in [2.05, 4.69) is 10.1 Å². The molecule has 6 nitrogen and oxygen atoms in total. The third kappa shape index (κ3) is 6.38. The van der Waals surface area contributed by atoms with Crippen molar-refractivity contribution in [1.82, 2.24) is 4.72 Å². The van der Waals surface area contributed by atoms with Crippen LogP contribution in [0, 0.1) is 5.82 Å². The minimum absolute atomic E-state index is 0.115. The summed E-state index contributed by atoms with van der Waals surface area (Å²) in [5, 5.41) is 2.27. The van der Waals surface area contributed by atoms with Gasteiger partial charge in [0.05, 0.1) is 17.1 Å². The first kappa shape index (κ1) is 20.9. The monoisotopic (exact) mass is 426 g/mol. The van der Waals surface area contributed by atoms with E-state index in [9.17, 15) is 30.8 Å². The molecule has 2 aromatic rings. The standard InChI is InChI=1S/C15H11ClF4N2O4S/c16-9-1-6-13(12(17)7-9)22-14(23)8-21-27(24,25)11-4-2-10(3-5-11)26-15(18,19)20/h1-7,21H,8H2,(H,22,23). The number of ether oxygens (including phenoxy) is 1. The number of rotatable bonds is 6. The Labute approximate surface area is 156 Å². The van der Waals surface area contributed by atoms with Crippen LogP contribution in [0.3, 0.4) is 0 Å². The van der Waals surface area contributed by atoms with E-state index in [1.54, 1.807) is 0 Å². The quantitative estimate of drug-likeness (QED) is 0.694. The summed E-state index contributed by atoms with van der Waals surface area (Å²) in [5.74, 6) is -2.27. The number of nitrogens with one attached hydrogen (secondary N) is 2. The number of carbonyl (C=O) groups is 1. The SMILES string of the molecule is O=C(CNS(=O)(=O)c1ccc(OC(F)(F)F)cc1)Nc1ccc(Cl)cc1F. The van der Waals surface area contributed by atoms with E-state index in [0.717, 1.165) is 30.3 Å². The third-order valence-electron chi connectivity index (χ3n) is 3.00. The topological polar surface area (TPSA) is 84.5 Å². The number of hydrogen-bond donors (Lipinski definition) is 2. The van der Waals surface area contributed by atoms with Crippen molar-refractivity contribution in [2.75, 3.05) is 11.9 Å². The highest BCUT2D eigenvalue weighted by Crippen LogP contribution is 2.24. The summed E-state index contributed by atoms with van der Waals surface area (Å²) < 4.78 is 79.5. The van der Waals surface area contributed by atoms with E-state index in [4.69, 9.17) is 11.6 Å². The highest BCUT2D eigenvalue weighted by Gasteiger charge is 2.31. The molecule has 2 aromatic carbocycles. The molecule has 0 spiro atoms. The summed E-state index contributed by atoms with van der Waals surface area (Å²) >= 11 is 5.57.